The maximum absolute atomic E-state index is 11.8. The SMILES string of the molecule is COC(=O)c1ccc(CCC2=CC(=O)C(Br)=CC2=O)cc1. The minimum absolute atomic E-state index is 0.146. The third-order valence-electron chi connectivity index (χ3n) is 3.17. The van der Waals surface area contributed by atoms with Crippen LogP contribution in [0.1, 0.15) is 22.3 Å². The van der Waals surface area contributed by atoms with Gasteiger partial charge >= 0.3 is 5.97 Å². The maximum Gasteiger partial charge on any atom is 0.337 e. The van der Waals surface area contributed by atoms with E-state index in [1.807, 2.05) is 12.1 Å². The molecule has 0 aromatic heterocycles. The van der Waals surface area contributed by atoms with Crippen LogP contribution < -0.4 is 0 Å². The highest BCUT2D eigenvalue weighted by atomic mass is 79.9. The van der Waals surface area contributed by atoms with Gasteiger partial charge in [0.1, 0.15) is 0 Å². The van der Waals surface area contributed by atoms with E-state index in [-0.39, 0.29) is 17.5 Å². The fraction of sp³-hybridized carbons (Fsp3) is 0.188. The molecular weight excluding hydrogens is 336 g/mol. The first-order chi connectivity index (χ1) is 10.0. The van der Waals surface area contributed by atoms with Crippen molar-refractivity contribution < 1.29 is 19.1 Å². The molecule has 0 fully saturated rings. The highest BCUT2D eigenvalue weighted by molar-refractivity contribution is 9.12. The number of ketones is 2. The molecule has 4 nitrogen and oxygen atoms in total. The van der Waals surface area contributed by atoms with E-state index < -0.39 is 0 Å². The second kappa shape index (κ2) is 6.63. The lowest BCUT2D eigenvalue weighted by Crippen LogP contribution is -2.11. The molecule has 0 aliphatic heterocycles. The Labute approximate surface area is 130 Å². The number of hydrogen-bond donors (Lipinski definition) is 0. The van der Waals surface area contributed by atoms with Gasteiger partial charge in [0, 0.05) is 11.6 Å². The number of benzene rings is 1. The van der Waals surface area contributed by atoms with Crippen molar-refractivity contribution >= 4 is 33.5 Å². The van der Waals surface area contributed by atoms with Crippen LogP contribution in [0.4, 0.5) is 0 Å². The fourth-order valence-corrected chi connectivity index (χ4v) is 2.30. The van der Waals surface area contributed by atoms with Crippen LogP contribution in [0.15, 0.2) is 46.5 Å². The lowest BCUT2D eigenvalue weighted by atomic mass is 9.96. The summed E-state index contributed by atoms with van der Waals surface area (Å²) in [5.41, 5.74) is 1.97. The molecule has 0 N–H and O–H groups in total. The number of hydrogen-bond acceptors (Lipinski definition) is 4. The number of allylic oxidation sites excluding steroid dienone is 4. The number of aryl methyl sites for hydroxylation is 1. The number of carbonyl (C=O) groups is 3. The molecule has 108 valence electrons. The molecule has 1 aliphatic rings. The molecule has 0 saturated carbocycles. The van der Waals surface area contributed by atoms with Crippen molar-refractivity contribution in [1.82, 2.24) is 0 Å². The van der Waals surface area contributed by atoms with Crippen molar-refractivity contribution in [3.05, 3.63) is 57.6 Å². The lowest BCUT2D eigenvalue weighted by molar-refractivity contribution is -0.114. The van der Waals surface area contributed by atoms with E-state index in [0.29, 0.717) is 28.5 Å². The van der Waals surface area contributed by atoms with E-state index in [1.54, 1.807) is 12.1 Å². The van der Waals surface area contributed by atoms with Crippen molar-refractivity contribution in [1.29, 1.82) is 0 Å². The summed E-state index contributed by atoms with van der Waals surface area (Å²) in [5, 5.41) is 0. The number of carbonyl (C=O) groups excluding carboxylic acids is 3. The Balaban J connectivity index is 2.01. The van der Waals surface area contributed by atoms with Crippen LogP contribution >= 0.6 is 15.9 Å². The zero-order chi connectivity index (χ0) is 15.4. The van der Waals surface area contributed by atoms with Crippen LogP contribution in [0.2, 0.25) is 0 Å². The van der Waals surface area contributed by atoms with Crippen molar-refractivity contribution in [3.8, 4) is 0 Å². The van der Waals surface area contributed by atoms with Gasteiger partial charge < -0.3 is 4.74 Å². The number of esters is 1. The molecule has 5 heteroatoms. The predicted octanol–water partition coefficient (Wildman–Crippen LogP) is 2.76. The van der Waals surface area contributed by atoms with E-state index in [2.05, 4.69) is 20.7 Å². The zero-order valence-electron chi connectivity index (χ0n) is 11.4. The minimum Gasteiger partial charge on any atom is -0.465 e. The summed E-state index contributed by atoms with van der Waals surface area (Å²) >= 11 is 3.05. The molecule has 0 heterocycles. The molecule has 0 amide bonds. The molecule has 1 aliphatic carbocycles. The van der Waals surface area contributed by atoms with Gasteiger partial charge in [-0.2, -0.15) is 0 Å². The number of methoxy groups -OCH3 is 1. The normalized spacial score (nSPS) is 14.6. The van der Waals surface area contributed by atoms with E-state index in [0.717, 1.165) is 5.56 Å². The summed E-state index contributed by atoms with van der Waals surface area (Å²) in [6, 6.07) is 6.99. The average molecular weight is 349 g/mol. The summed E-state index contributed by atoms with van der Waals surface area (Å²) in [6.07, 6.45) is 3.78. The summed E-state index contributed by atoms with van der Waals surface area (Å²) in [5.74, 6) is -0.717. The Bertz CT molecular complexity index is 653. The standard InChI is InChI=1S/C16H13BrO4/c1-21-16(20)11-5-2-10(3-6-11)4-7-12-8-15(19)13(17)9-14(12)18/h2-3,5-6,8-9H,4,7H2,1H3. The molecule has 0 radical (unpaired) electrons. The van der Waals surface area contributed by atoms with Gasteiger partial charge in [-0.25, -0.2) is 4.79 Å². The largest absolute Gasteiger partial charge is 0.465 e. The second-order valence-electron chi connectivity index (χ2n) is 4.58. The fourth-order valence-electron chi connectivity index (χ4n) is 1.98. The molecule has 2 rings (SSSR count). The molecule has 0 atom stereocenters. The summed E-state index contributed by atoms with van der Waals surface area (Å²) < 4.78 is 4.92. The quantitative estimate of drug-likeness (QED) is 0.620. The molecule has 1 aromatic carbocycles. The molecule has 0 unspecified atom stereocenters. The van der Waals surface area contributed by atoms with Crippen LogP contribution in [-0.4, -0.2) is 24.6 Å². The van der Waals surface area contributed by atoms with Crippen LogP contribution in [0.25, 0.3) is 0 Å². The molecule has 21 heavy (non-hydrogen) atoms. The summed E-state index contributed by atoms with van der Waals surface area (Å²) in [4.78, 5) is 34.6. The van der Waals surface area contributed by atoms with Crippen LogP contribution in [0.5, 0.6) is 0 Å². The highest BCUT2D eigenvalue weighted by Gasteiger charge is 2.18. The summed E-state index contributed by atoms with van der Waals surface area (Å²) in [7, 11) is 1.33. The van der Waals surface area contributed by atoms with E-state index in [1.165, 1.54) is 19.3 Å². The van der Waals surface area contributed by atoms with Gasteiger partial charge in [-0.15, -0.1) is 0 Å². The topological polar surface area (TPSA) is 60.4 Å². The van der Waals surface area contributed by atoms with E-state index in [4.69, 9.17) is 0 Å². The molecule has 1 aromatic rings. The molecule has 0 bridgehead atoms. The zero-order valence-corrected chi connectivity index (χ0v) is 13.0. The first-order valence-corrected chi connectivity index (χ1v) is 7.14. The second-order valence-corrected chi connectivity index (χ2v) is 5.43. The maximum atomic E-state index is 11.8. The van der Waals surface area contributed by atoms with E-state index >= 15 is 0 Å². The average Bonchev–Trinajstić information content (AvgIpc) is 2.49. The van der Waals surface area contributed by atoms with Crippen molar-refractivity contribution in [3.63, 3.8) is 0 Å². The summed E-state index contributed by atoms with van der Waals surface area (Å²) in [6.45, 7) is 0. The van der Waals surface area contributed by atoms with Crippen LogP contribution in [0, 0.1) is 0 Å². The van der Waals surface area contributed by atoms with Gasteiger partial charge in [-0.3, -0.25) is 9.59 Å². The molecule has 0 saturated heterocycles. The van der Waals surface area contributed by atoms with Crippen molar-refractivity contribution in [2.24, 2.45) is 0 Å². The monoisotopic (exact) mass is 348 g/mol. The number of rotatable bonds is 4. The van der Waals surface area contributed by atoms with E-state index in [9.17, 15) is 14.4 Å². The van der Waals surface area contributed by atoms with Crippen LogP contribution in [-0.2, 0) is 20.7 Å². The van der Waals surface area contributed by atoms with Crippen LogP contribution in [0.3, 0.4) is 0 Å². The smallest absolute Gasteiger partial charge is 0.337 e. The first-order valence-electron chi connectivity index (χ1n) is 6.35. The number of ether oxygens (including phenoxy) is 1. The van der Waals surface area contributed by atoms with Crippen molar-refractivity contribution in [2.45, 2.75) is 12.8 Å². The Kier molecular flexibility index (Phi) is 4.85. The third kappa shape index (κ3) is 3.76. The van der Waals surface area contributed by atoms with Gasteiger partial charge in [0.2, 0.25) is 0 Å². The predicted molar refractivity (Wildman–Crippen MR) is 81.2 cm³/mol. The Hall–Kier alpha value is -2.01. The van der Waals surface area contributed by atoms with Gasteiger partial charge in [0.05, 0.1) is 17.2 Å². The lowest BCUT2D eigenvalue weighted by Gasteiger charge is -2.09. The Morgan fingerprint density at radius 1 is 1.05 bits per heavy atom. The Morgan fingerprint density at radius 2 is 1.71 bits per heavy atom. The molecule has 0 spiro atoms. The van der Waals surface area contributed by atoms with Gasteiger partial charge in [0.15, 0.2) is 11.6 Å². The third-order valence-corrected chi connectivity index (χ3v) is 3.79. The minimum atomic E-state index is -0.382. The first kappa shape index (κ1) is 15.4. The Morgan fingerprint density at radius 3 is 2.33 bits per heavy atom. The highest BCUT2D eigenvalue weighted by Crippen LogP contribution is 2.20. The van der Waals surface area contributed by atoms with Gasteiger partial charge in [0.25, 0.3) is 0 Å². The molecular formula is C16H13BrO4. The van der Waals surface area contributed by atoms with Crippen molar-refractivity contribution in [2.75, 3.05) is 7.11 Å². The number of halogens is 1. The van der Waals surface area contributed by atoms with Gasteiger partial charge in [-0.05, 0) is 52.5 Å². The van der Waals surface area contributed by atoms with Gasteiger partial charge in [-0.1, -0.05) is 12.1 Å².